The van der Waals surface area contributed by atoms with Gasteiger partial charge in [0.05, 0.1) is 27.8 Å². The number of benzene rings is 1. The van der Waals surface area contributed by atoms with Crippen molar-refractivity contribution >= 4 is 11.8 Å². The summed E-state index contributed by atoms with van der Waals surface area (Å²) < 4.78 is 20.7. The molecule has 1 aromatic carbocycles. The van der Waals surface area contributed by atoms with E-state index in [0.717, 1.165) is 0 Å². The fraction of sp³-hybridized carbons (Fsp3) is 0.529. The summed E-state index contributed by atoms with van der Waals surface area (Å²) in [4.78, 5) is 23.7. The van der Waals surface area contributed by atoms with Gasteiger partial charge in [-0.1, -0.05) is 20.8 Å². The van der Waals surface area contributed by atoms with Gasteiger partial charge < -0.3 is 18.9 Å². The van der Waals surface area contributed by atoms with Crippen molar-refractivity contribution in [3.63, 3.8) is 0 Å². The van der Waals surface area contributed by atoms with Crippen LogP contribution >= 0.6 is 0 Å². The summed E-state index contributed by atoms with van der Waals surface area (Å²) in [6.07, 6.45) is 0.00807. The van der Waals surface area contributed by atoms with Crippen molar-refractivity contribution in [3.8, 4) is 17.2 Å². The first kappa shape index (κ1) is 18.8. The molecule has 0 unspecified atom stereocenters. The number of hydrogen-bond acceptors (Lipinski definition) is 6. The van der Waals surface area contributed by atoms with Crippen LogP contribution in [0.25, 0.3) is 0 Å². The van der Waals surface area contributed by atoms with E-state index in [4.69, 9.17) is 18.9 Å². The van der Waals surface area contributed by atoms with E-state index in [0.29, 0.717) is 22.8 Å². The largest absolute Gasteiger partial charge is 0.493 e. The summed E-state index contributed by atoms with van der Waals surface area (Å²) in [7, 11) is 4.51. The predicted molar refractivity (Wildman–Crippen MR) is 85.2 cm³/mol. The molecule has 0 radical (unpaired) electrons. The minimum Gasteiger partial charge on any atom is -0.493 e. The normalized spacial score (nSPS) is 10.9. The van der Waals surface area contributed by atoms with Gasteiger partial charge in [-0.15, -0.1) is 0 Å². The van der Waals surface area contributed by atoms with Crippen molar-refractivity contribution in [2.45, 2.75) is 27.2 Å². The van der Waals surface area contributed by atoms with Crippen molar-refractivity contribution < 1.29 is 28.5 Å². The Morgan fingerprint density at radius 3 is 1.87 bits per heavy atom. The molecule has 0 aliphatic carbocycles. The smallest absolute Gasteiger partial charge is 0.310 e. The van der Waals surface area contributed by atoms with E-state index in [1.807, 2.05) is 0 Å². The number of esters is 1. The molecular formula is C17H24O6. The van der Waals surface area contributed by atoms with Gasteiger partial charge in [-0.05, 0) is 17.7 Å². The Morgan fingerprint density at radius 1 is 0.957 bits per heavy atom. The van der Waals surface area contributed by atoms with Crippen LogP contribution in [0.3, 0.4) is 0 Å². The predicted octanol–water partition coefficient (Wildman–Crippen LogP) is 2.41. The van der Waals surface area contributed by atoms with Crippen molar-refractivity contribution in [1.82, 2.24) is 0 Å². The average Bonchev–Trinajstić information content (AvgIpc) is 2.50. The zero-order valence-electron chi connectivity index (χ0n) is 14.5. The number of Topliss-reactive ketones (excluding diaryl/α,β-unsaturated/α-hetero) is 1. The van der Waals surface area contributed by atoms with Gasteiger partial charge in [0.1, 0.15) is 0 Å². The number of rotatable bonds is 7. The maximum absolute atomic E-state index is 11.9. The summed E-state index contributed by atoms with van der Waals surface area (Å²) in [6.45, 7) is 5.11. The van der Waals surface area contributed by atoms with E-state index >= 15 is 0 Å². The highest BCUT2D eigenvalue weighted by atomic mass is 16.5. The maximum atomic E-state index is 11.9. The molecule has 6 nitrogen and oxygen atoms in total. The molecule has 0 spiro atoms. The maximum Gasteiger partial charge on any atom is 0.310 e. The number of methoxy groups -OCH3 is 3. The molecule has 0 aromatic heterocycles. The second-order valence-electron chi connectivity index (χ2n) is 6.04. The van der Waals surface area contributed by atoms with Crippen molar-refractivity contribution in [2.75, 3.05) is 27.9 Å². The molecule has 0 aliphatic rings. The zero-order chi connectivity index (χ0) is 17.6. The first-order chi connectivity index (χ1) is 10.7. The van der Waals surface area contributed by atoms with Gasteiger partial charge in [0, 0.05) is 5.41 Å². The zero-order valence-corrected chi connectivity index (χ0v) is 14.5. The van der Waals surface area contributed by atoms with E-state index in [-0.39, 0.29) is 18.8 Å². The SMILES string of the molecule is COc1cc(CC(=O)OCC(=O)C(C)(C)C)cc(OC)c1OC. The monoisotopic (exact) mass is 324 g/mol. The van der Waals surface area contributed by atoms with Crippen LogP contribution in [0.4, 0.5) is 0 Å². The number of ketones is 1. The molecule has 0 fully saturated rings. The summed E-state index contributed by atoms with van der Waals surface area (Å²) in [5, 5.41) is 0. The minimum absolute atomic E-state index is 0.00807. The van der Waals surface area contributed by atoms with E-state index < -0.39 is 11.4 Å². The Morgan fingerprint density at radius 2 is 1.48 bits per heavy atom. The lowest BCUT2D eigenvalue weighted by Gasteiger charge is -2.16. The Bertz CT molecular complexity index is 546. The van der Waals surface area contributed by atoms with E-state index in [1.54, 1.807) is 32.9 Å². The van der Waals surface area contributed by atoms with Crippen LogP contribution in [0.1, 0.15) is 26.3 Å². The molecule has 0 amide bonds. The quantitative estimate of drug-likeness (QED) is 0.717. The molecule has 0 saturated carbocycles. The molecular weight excluding hydrogens is 300 g/mol. The van der Waals surface area contributed by atoms with Crippen molar-refractivity contribution in [1.29, 1.82) is 0 Å². The molecule has 0 saturated heterocycles. The summed E-state index contributed by atoms with van der Waals surface area (Å²) in [6, 6.07) is 3.35. The van der Waals surface area contributed by atoms with Gasteiger partial charge in [0.25, 0.3) is 0 Å². The fourth-order valence-corrected chi connectivity index (χ4v) is 1.82. The van der Waals surface area contributed by atoms with Crippen LogP contribution < -0.4 is 14.2 Å². The van der Waals surface area contributed by atoms with Crippen LogP contribution in [-0.2, 0) is 20.7 Å². The topological polar surface area (TPSA) is 71.1 Å². The van der Waals surface area contributed by atoms with E-state index in [9.17, 15) is 9.59 Å². The molecule has 0 bridgehead atoms. The third kappa shape index (κ3) is 5.16. The van der Waals surface area contributed by atoms with E-state index in [1.165, 1.54) is 21.3 Å². The van der Waals surface area contributed by atoms with Crippen LogP contribution in [0.15, 0.2) is 12.1 Å². The lowest BCUT2D eigenvalue weighted by Crippen LogP contribution is -2.26. The standard InChI is InChI=1S/C17H24O6/c1-17(2,3)14(18)10-23-15(19)9-11-7-12(20-4)16(22-6)13(8-11)21-5/h7-8H,9-10H2,1-6H3. The van der Waals surface area contributed by atoms with Gasteiger partial charge in [0.15, 0.2) is 23.9 Å². The number of carbonyl (C=O) groups excluding carboxylic acids is 2. The van der Waals surface area contributed by atoms with Crippen molar-refractivity contribution in [2.24, 2.45) is 5.41 Å². The second-order valence-corrected chi connectivity index (χ2v) is 6.04. The Kier molecular flexibility index (Phi) is 6.42. The third-order valence-corrected chi connectivity index (χ3v) is 3.27. The van der Waals surface area contributed by atoms with Crippen LogP contribution in [-0.4, -0.2) is 39.7 Å². The second kappa shape index (κ2) is 7.85. The molecule has 0 aliphatic heterocycles. The first-order valence-electron chi connectivity index (χ1n) is 7.20. The molecule has 128 valence electrons. The summed E-state index contributed by atoms with van der Waals surface area (Å²) in [5.74, 6) is 0.753. The molecule has 0 N–H and O–H groups in total. The van der Waals surface area contributed by atoms with Gasteiger partial charge in [-0.25, -0.2) is 0 Å². The molecule has 6 heteroatoms. The number of carbonyl (C=O) groups is 2. The highest BCUT2D eigenvalue weighted by molar-refractivity contribution is 5.87. The van der Waals surface area contributed by atoms with Crippen LogP contribution in [0, 0.1) is 5.41 Å². The van der Waals surface area contributed by atoms with Gasteiger partial charge in [0.2, 0.25) is 5.75 Å². The van der Waals surface area contributed by atoms with Gasteiger partial charge in [-0.3, -0.25) is 9.59 Å². The molecule has 1 rings (SSSR count). The molecule has 0 atom stereocenters. The molecule has 0 heterocycles. The molecule has 1 aromatic rings. The van der Waals surface area contributed by atoms with Gasteiger partial charge >= 0.3 is 5.97 Å². The van der Waals surface area contributed by atoms with E-state index in [2.05, 4.69) is 0 Å². The van der Waals surface area contributed by atoms with Crippen LogP contribution in [0.2, 0.25) is 0 Å². The Labute approximate surface area is 136 Å². The average molecular weight is 324 g/mol. The molecule has 23 heavy (non-hydrogen) atoms. The highest BCUT2D eigenvalue weighted by Gasteiger charge is 2.23. The summed E-state index contributed by atoms with van der Waals surface area (Å²) in [5.41, 5.74) is 0.111. The third-order valence-electron chi connectivity index (χ3n) is 3.27. The minimum atomic E-state index is -0.535. The fourth-order valence-electron chi connectivity index (χ4n) is 1.82. The first-order valence-corrected chi connectivity index (χ1v) is 7.20. The number of ether oxygens (including phenoxy) is 4. The number of hydrogen-bond donors (Lipinski definition) is 0. The Hall–Kier alpha value is -2.24. The van der Waals surface area contributed by atoms with Gasteiger partial charge in [-0.2, -0.15) is 0 Å². The van der Waals surface area contributed by atoms with Crippen molar-refractivity contribution in [3.05, 3.63) is 17.7 Å². The lowest BCUT2D eigenvalue weighted by molar-refractivity contribution is -0.149. The highest BCUT2D eigenvalue weighted by Crippen LogP contribution is 2.38. The summed E-state index contributed by atoms with van der Waals surface area (Å²) >= 11 is 0. The van der Waals surface area contributed by atoms with Crippen LogP contribution in [0.5, 0.6) is 17.2 Å². The lowest BCUT2D eigenvalue weighted by atomic mass is 9.91. The Balaban J connectivity index is 2.81.